The van der Waals surface area contributed by atoms with Crippen molar-refractivity contribution in [2.75, 3.05) is 0 Å². The summed E-state index contributed by atoms with van der Waals surface area (Å²) < 4.78 is 87.2. The molecule has 7 nitrogen and oxygen atoms in total. The van der Waals surface area contributed by atoms with Gasteiger partial charge in [-0.1, -0.05) is 29.8 Å². The first kappa shape index (κ1) is 27.6. The van der Waals surface area contributed by atoms with Crippen molar-refractivity contribution >= 4 is 29.0 Å². The minimum absolute atomic E-state index is 0.00750. The van der Waals surface area contributed by atoms with Crippen LogP contribution in [0.4, 0.5) is 36.6 Å². The molecule has 0 N–H and O–H groups in total. The molecule has 16 heteroatoms. The summed E-state index contributed by atoms with van der Waals surface area (Å²) in [5.74, 6) is -0.672. The van der Waals surface area contributed by atoms with E-state index in [0.717, 1.165) is 24.7 Å². The summed E-state index contributed by atoms with van der Waals surface area (Å²) in [5, 5.41) is 0.189. The molecule has 4 rings (SSSR count). The van der Waals surface area contributed by atoms with Gasteiger partial charge in [0.25, 0.3) is 5.82 Å². The Kier molecular flexibility index (Phi) is 8.19. The molecule has 4 heterocycles. The summed E-state index contributed by atoms with van der Waals surface area (Å²) in [6, 6.07) is 2.50. The van der Waals surface area contributed by atoms with Crippen molar-refractivity contribution in [2.45, 2.75) is 12.4 Å². The number of nitrogens with zero attached hydrogens (tertiary/aromatic N) is 7. The van der Waals surface area contributed by atoms with E-state index in [0.29, 0.717) is 18.0 Å². The maximum absolute atomic E-state index is 13.4. The van der Waals surface area contributed by atoms with Gasteiger partial charge < -0.3 is 4.85 Å². The molecule has 0 aliphatic carbocycles. The zero-order valence-electron chi connectivity index (χ0n) is 17.7. The SMILES string of the molecule is Fc1cnc(Cl)cc1-c1cnc(C(F)(F)F)cn1.[C-]#[N+]c1cc(-c2cnc(C(F)(F)F)cn2)c(Cl)cn1. The smallest absolute Gasteiger partial charge is 0.361 e. The standard InChI is InChI=1S/C11H4ClF3N4.C10H4ClF4N3/c1-16-10-2-6(7(12)3-19-10)8-4-18-9(5-17-8)11(13,14)15;11-9-1-5(6(12)2-18-9)7-3-17-8(4-16-7)10(13,14)15/h2-5H;1-4H. The van der Waals surface area contributed by atoms with Crippen molar-refractivity contribution in [2.24, 2.45) is 0 Å². The summed E-state index contributed by atoms with van der Waals surface area (Å²) in [5.41, 5.74) is -1.89. The Balaban J connectivity index is 0.000000206. The summed E-state index contributed by atoms with van der Waals surface area (Å²) in [7, 11) is 0. The van der Waals surface area contributed by atoms with Gasteiger partial charge in [-0.25, -0.2) is 19.3 Å². The Hall–Kier alpha value is -3.96. The van der Waals surface area contributed by atoms with Crippen molar-refractivity contribution < 1.29 is 30.7 Å². The van der Waals surface area contributed by atoms with Crippen molar-refractivity contribution in [3.8, 4) is 22.5 Å². The third-order valence-corrected chi connectivity index (χ3v) is 4.72. The van der Waals surface area contributed by atoms with Crippen LogP contribution < -0.4 is 0 Å². The minimum Gasteiger partial charge on any atom is -0.361 e. The molecule has 0 bridgehead atoms. The Morgan fingerprint density at radius 2 is 1.19 bits per heavy atom. The van der Waals surface area contributed by atoms with Crippen LogP contribution in [0, 0.1) is 12.4 Å². The molecule has 0 spiro atoms. The number of pyridine rings is 2. The fraction of sp³-hybridized carbons (Fsp3) is 0.0952. The Labute approximate surface area is 212 Å². The highest BCUT2D eigenvalue weighted by atomic mass is 35.5. The van der Waals surface area contributed by atoms with E-state index in [4.69, 9.17) is 29.8 Å². The van der Waals surface area contributed by atoms with Crippen LogP contribution in [0.3, 0.4) is 0 Å². The molecule has 4 aromatic rings. The van der Waals surface area contributed by atoms with Gasteiger partial charge in [0.15, 0.2) is 17.2 Å². The molecule has 0 radical (unpaired) electrons. The predicted molar refractivity (Wildman–Crippen MR) is 117 cm³/mol. The first-order valence-electron chi connectivity index (χ1n) is 9.43. The number of rotatable bonds is 2. The highest BCUT2D eigenvalue weighted by molar-refractivity contribution is 6.33. The fourth-order valence-electron chi connectivity index (χ4n) is 2.52. The summed E-state index contributed by atoms with van der Waals surface area (Å²) >= 11 is 11.4. The molecule has 4 aromatic heterocycles. The molecule has 190 valence electrons. The maximum atomic E-state index is 13.4. The van der Waals surface area contributed by atoms with E-state index < -0.39 is 29.6 Å². The molecule has 0 aliphatic heterocycles. The van der Waals surface area contributed by atoms with Crippen LogP contribution in [-0.2, 0) is 12.4 Å². The van der Waals surface area contributed by atoms with Gasteiger partial charge in [0, 0.05) is 11.1 Å². The Morgan fingerprint density at radius 3 is 1.65 bits per heavy atom. The number of alkyl halides is 6. The van der Waals surface area contributed by atoms with Gasteiger partial charge in [-0.15, -0.1) is 4.98 Å². The van der Waals surface area contributed by atoms with Crippen molar-refractivity contribution in [3.63, 3.8) is 0 Å². The van der Waals surface area contributed by atoms with Crippen LogP contribution in [0.25, 0.3) is 27.4 Å². The third-order valence-electron chi connectivity index (χ3n) is 4.21. The molecule has 37 heavy (non-hydrogen) atoms. The minimum atomic E-state index is -4.58. The average molecular weight is 562 g/mol. The molecule has 0 atom stereocenters. The lowest BCUT2D eigenvalue weighted by Crippen LogP contribution is -2.08. The largest absolute Gasteiger partial charge is 0.434 e. The second kappa shape index (κ2) is 11.0. The number of halogens is 9. The Bertz CT molecular complexity index is 1440. The quantitative estimate of drug-likeness (QED) is 0.147. The molecule has 0 amide bonds. The normalized spacial score (nSPS) is 11.4. The van der Waals surface area contributed by atoms with Crippen LogP contribution in [0.5, 0.6) is 0 Å². The van der Waals surface area contributed by atoms with Crippen LogP contribution >= 0.6 is 23.2 Å². The lowest BCUT2D eigenvalue weighted by atomic mass is 10.2. The first-order valence-corrected chi connectivity index (χ1v) is 10.2. The van der Waals surface area contributed by atoms with Crippen molar-refractivity contribution in [1.29, 1.82) is 0 Å². The summed E-state index contributed by atoms with van der Waals surface area (Å²) in [6.07, 6.45) is -4.10. The van der Waals surface area contributed by atoms with E-state index in [-0.39, 0.29) is 32.9 Å². The average Bonchev–Trinajstić information content (AvgIpc) is 2.85. The lowest BCUT2D eigenvalue weighted by Gasteiger charge is -2.06. The number of hydrogen-bond acceptors (Lipinski definition) is 6. The van der Waals surface area contributed by atoms with Gasteiger partial charge in [0.05, 0.1) is 47.4 Å². The van der Waals surface area contributed by atoms with Gasteiger partial charge in [-0.3, -0.25) is 9.97 Å². The Morgan fingerprint density at radius 1 is 0.649 bits per heavy atom. The van der Waals surface area contributed by atoms with E-state index >= 15 is 0 Å². The molecule has 0 aliphatic rings. The zero-order valence-corrected chi connectivity index (χ0v) is 19.2. The van der Waals surface area contributed by atoms with Gasteiger partial charge in [0.1, 0.15) is 11.3 Å². The van der Waals surface area contributed by atoms with Crippen molar-refractivity contribution in [1.82, 2.24) is 29.9 Å². The van der Waals surface area contributed by atoms with E-state index in [1.54, 1.807) is 0 Å². The highest BCUT2D eigenvalue weighted by Gasteiger charge is 2.33. The second-order valence-electron chi connectivity index (χ2n) is 6.69. The van der Waals surface area contributed by atoms with E-state index in [1.165, 1.54) is 12.3 Å². The molecule has 0 saturated heterocycles. The van der Waals surface area contributed by atoms with Crippen molar-refractivity contribution in [3.05, 3.63) is 88.1 Å². The predicted octanol–water partition coefficient (Wildman–Crippen LogP) is 7.11. The van der Waals surface area contributed by atoms with E-state index in [1.807, 2.05) is 0 Å². The molecule has 0 fully saturated rings. The zero-order chi connectivity index (χ0) is 27.4. The second-order valence-corrected chi connectivity index (χ2v) is 7.48. The summed E-state index contributed by atoms with van der Waals surface area (Å²) in [6.45, 7) is 6.82. The molecule has 0 saturated carbocycles. The highest BCUT2D eigenvalue weighted by Crippen LogP contribution is 2.31. The van der Waals surface area contributed by atoms with Crippen LogP contribution in [0.15, 0.2) is 49.3 Å². The summed E-state index contributed by atoms with van der Waals surface area (Å²) in [4.78, 5) is 23.9. The van der Waals surface area contributed by atoms with Crippen LogP contribution in [0.1, 0.15) is 11.4 Å². The molecule has 0 aromatic carbocycles. The fourth-order valence-corrected chi connectivity index (χ4v) is 2.88. The topological polar surface area (TPSA) is 81.7 Å². The van der Waals surface area contributed by atoms with Crippen LogP contribution in [0.2, 0.25) is 10.2 Å². The number of hydrogen-bond donors (Lipinski definition) is 0. The van der Waals surface area contributed by atoms with Gasteiger partial charge in [-0.05, 0) is 12.1 Å². The monoisotopic (exact) mass is 561 g/mol. The molecule has 0 unspecified atom stereocenters. The molecular formula is C21H8Cl2F7N7. The number of aromatic nitrogens is 6. The van der Waals surface area contributed by atoms with Gasteiger partial charge >= 0.3 is 12.4 Å². The third kappa shape index (κ3) is 7.05. The lowest BCUT2D eigenvalue weighted by molar-refractivity contribution is -0.142. The first-order chi connectivity index (χ1) is 17.3. The van der Waals surface area contributed by atoms with Gasteiger partial charge in [0.2, 0.25) is 0 Å². The molecular weight excluding hydrogens is 554 g/mol. The van der Waals surface area contributed by atoms with E-state index in [9.17, 15) is 30.7 Å². The maximum Gasteiger partial charge on any atom is 0.434 e. The van der Waals surface area contributed by atoms with E-state index in [2.05, 4.69) is 34.7 Å². The van der Waals surface area contributed by atoms with Gasteiger partial charge in [-0.2, -0.15) is 26.3 Å². The van der Waals surface area contributed by atoms with Crippen LogP contribution in [-0.4, -0.2) is 29.9 Å².